The molecule has 3 atom stereocenters. The van der Waals surface area contributed by atoms with Crippen molar-refractivity contribution in [1.29, 1.82) is 0 Å². The average Bonchev–Trinajstić information content (AvgIpc) is 2.90. The van der Waals surface area contributed by atoms with E-state index in [1.165, 1.54) is 96.3 Å². The third-order valence-corrected chi connectivity index (χ3v) is 7.37. The summed E-state index contributed by atoms with van der Waals surface area (Å²) >= 11 is 0. The molecular formula is C32H63NO4. The highest BCUT2D eigenvalue weighted by atomic mass is 16.3. The van der Waals surface area contributed by atoms with Gasteiger partial charge in [0.25, 0.3) is 0 Å². The molecule has 3 unspecified atom stereocenters. The number of nitrogens with one attached hydrogen (secondary N) is 1. The number of allylic oxidation sites excluding steroid dienone is 2. The van der Waals surface area contributed by atoms with Crippen LogP contribution in [0.3, 0.4) is 0 Å². The van der Waals surface area contributed by atoms with Crippen LogP contribution in [0.15, 0.2) is 12.2 Å². The van der Waals surface area contributed by atoms with Gasteiger partial charge in [0.1, 0.15) is 6.10 Å². The maximum Gasteiger partial charge on any atom is 0.220 e. The summed E-state index contributed by atoms with van der Waals surface area (Å²) in [5, 5.41) is 33.1. The highest BCUT2D eigenvalue weighted by molar-refractivity contribution is 5.76. The molecule has 0 rings (SSSR count). The van der Waals surface area contributed by atoms with Crippen LogP contribution < -0.4 is 5.32 Å². The van der Waals surface area contributed by atoms with E-state index in [0.29, 0.717) is 12.8 Å². The quantitative estimate of drug-likeness (QED) is 0.0621. The second-order valence-corrected chi connectivity index (χ2v) is 11.0. The van der Waals surface area contributed by atoms with Crippen LogP contribution in [0.25, 0.3) is 0 Å². The number of amides is 1. The van der Waals surface area contributed by atoms with E-state index in [9.17, 15) is 20.1 Å². The third kappa shape index (κ3) is 23.9. The predicted octanol–water partition coefficient (Wildman–Crippen LogP) is 7.75. The van der Waals surface area contributed by atoms with Crippen molar-refractivity contribution in [2.45, 2.75) is 180 Å². The lowest BCUT2D eigenvalue weighted by Crippen LogP contribution is -2.50. The Morgan fingerprint density at radius 3 is 1.57 bits per heavy atom. The zero-order chi connectivity index (χ0) is 27.4. The summed E-state index contributed by atoms with van der Waals surface area (Å²) in [4.78, 5) is 12.2. The van der Waals surface area contributed by atoms with Crippen molar-refractivity contribution in [2.24, 2.45) is 0 Å². The Balaban J connectivity index is 3.75. The van der Waals surface area contributed by atoms with Crippen molar-refractivity contribution in [3.63, 3.8) is 0 Å². The minimum atomic E-state index is -1.14. The molecule has 5 nitrogen and oxygen atoms in total. The highest BCUT2D eigenvalue weighted by Crippen LogP contribution is 2.15. The molecule has 0 aliphatic rings. The number of hydrogen-bond donors (Lipinski definition) is 4. The molecule has 0 heterocycles. The van der Waals surface area contributed by atoms with Gasteiger partial charge in [-0.3, -0.25) is 4.79 Å². The smallest absolute Gasteiger partial charge is 0.220 e. The van der Waals surface area contributed by atoms with E-state index in [0.717, 1.165) is 38.5 Å². The first-order valence-electron chi connectivity index (χ1n) is 16.0. The monoisotopic (exact) mass is 525 g/mol. The van der Waals surface area contributed by atoms with Gasteiger partial charge in [0.15, 0.2) is 0 Å². The van der Waals surface area contributed by atoms with Crippen molar-refractivity contribution < 1.29 is 20.1 Å². The van der Waals surface area contributed by atoms with Gasteiger partial charge in [0, 0.05) is 6.42 Å². The minimum Gasteiger partial charge on any atom is -0.394 e. The van der Waals surface area contributed by atoms with E-state index in [1.807, 2.05) is 0 Å². The number of rotatable bonds is 28. The molecule has 0 aliphatic heterocycles. The fraction of sp³-hybridized carbons (Fsp3) is 0.906. The van der Waals surface area contributed by atoms with E-state index in [1.54, 1.807) is 0 Å². The third-order valence-electron chi connectivity index (χ3n) is 7.37. The molecule has 0 spiro atoms. The molecular weight excluding hydrogens is 462 g/mol. The first-order chi connectivity index (χ1) is 18.1. The SMILES string of the molecule is CCCCCC/C=C\CCCC(=O)NC(CO)C(O)C(O)CCCCCCCCCCCCCCCC. The number of unbranched alkanes of at least 4 members (excludes halogenated alkanes) is 18. The van der Waals surface area contributed by atoms with E-state index in [-0.39, 0.29) is 12.5 Å². The summed E-state index contributed by atoms with van der Waals surface area (Å²) < 4.78 is 0. The number of aliphatic hydroxyl groups excluding tert-OH is 3. The average molecular weight is 526 g/mol. The van der Waals surface area contributed by atoms with Gasteiger partial charge in [0.05, 0.1) is 18.8 Å². The fourth-order valence-corrected chi connectivity index (χ4v) is 4.81. The van der Waals surface area contributed by atoms with Crippen LogP contribution in [-0.2, 0) is 4.79 Å². The molecule has 0 saturated heterocycles. The largest absolute Gasteiger partial charge is 0.394 e. The molecule has 0 aromatic carbocycles. The van der Waals surface area contributed by atoms with E-state index in [2.05, 4.69) is 31.3 Å². The summed E-state index contributed by atoms with van der Waals surface area (Å²) in [5.74, 6) is -0.182. The van der Waals surface area contributed by atoms with Crippen LogP contribution >= 0.6 is 0 Å². The molecule has 0 aliphatic carbocycles. The van der Waals surface area contributed by atoms with Crippen molar-refractivity contribution >= 4 is 5.91 Å². The van der Waals surface area contributed by atoms with Gasteiger partial charge >= 0.3 is 0 Å². The second kappa shape index (κ2) is 28.1. The molecule has 0 aromatic heterocycles. The van der Waals surface area contributed by atoms with E-state index >= 15 is 0 Å². The van der Waals surface area contributed by atoms with Gasteiger partial charge in [0.2, 0.25) is 5.91 Å². The number of carbonyl (C=O) groups is 1. The van der Waals surface area contributed by atoms with Gasteiger partial charge in [-0.1, -0.05) is 135 Å². The van der Waals surface area contributed by atoms with Crippen molar-refractivity contribution in [1.82, 2.24) is 5.32 Å². The van der Waals surface area contributed by atoms with Crippen LogP contribution in [-0.4, -0.2) is 46.1 Å². The topological polar surface area (TPSA) is 89.8 Å². The van der Waals surface area contributed by atoms with Crippen LogP contribution in [0.5, 0.6) is 0 Å². The number of aliphatic hydroxyl groups is 3. The molecule has 0 fully saturated rings. The van der Waals surface area contributed by atoms with Crippen molar-refractivity contribution in [3.8, 4) is 0 Å². The first kappa shape index (κ1) is 36.1. The molecule has 0 radical (unpaired) electrons. The van der Waals surface area contributed by atoms with Gasteiger partial charge in [-0.25, -0.2) is 0 Å². The molecule has 220 valence electrons. The Kier molecular flexibility index (Phi) is 27.4. The highest BCUT2D eigenvalue weighted by Gasteiger charge is 2.26. The molecule has 37 heavy (non-hydrogen) atoms. The molecule has 5 heteroatoms. The Hall–Kier alpha value is -0.910. The molecule has 1 amide bonds. The van der Waals surface area contributed by atoms with Crippen LogP contribution in [0.2, 0.25) is 0 Å². The minimum absolute atomic E-state index is 0.182. The lowest BCUT2D eigenvalue weighted by atomic mass is 9.99. The molecule has 4 N–H and O–H groups in total. The predicted molar refractivity (Wildman–Crippen MR) is 158 cm³/mol. The van der Waals surface area contributed by atoms with Gasteiger partial charge in [-0.15, -0.1) is 0 Å². The van der Waals surface area contributed by atoms with Gasteiger partial charge in [-0.05, 0) is 32.1 Å². The maximum absolute atomic E-state index is 12.2. The van der Waals surface area contributed by atoms with E-state index < -0.39 is 18.2 Å². The first-order valence-corrected chi connectivity index (χ1v) is 16.0. The standard InChI is InChI=1S/C32H63NO4/c1-3-5-7-9-11-13-14-15-16-17-19-20-22-24-26-30(35)32(37)29(28-34)33-31(36)27-25-23-21-18-12-10-8-6-4-2/h18,21,29-30,32,34-35,37H,3-17,19-20,22-28H2,1-2H3,(H,33,36)/b21-18-. The van der Waals surface area contributed by atoms with E-state index in [4.69, 9.17) is 0 Å². The van der Waals surface area contributed by atoms with Crippen molar-refractivity contribution in [3.05, 3.63) is 12.2 Å². The Morgan fingerprint density at radius 2 is 1.08 bits per heavy atom. The fourth-order valence-electron chi connectivity index (χ4n) is 4.81. The lowest BCUT2D eigenvalue weighted by molar-refractivity contribution is -0.124. The second-order valence-electron chi connectivity index (χ2n) is 11.0. The van der Waals surface area contributed by atoms with Crippen molar-refractivity contribution in [2.75, 3.05) is 6.61 Å². The summed E-state index contributed by atoms with van der Waals surface area (Å²) in [6.45, 7) is 4.10. The van der Waals surface area contributed by atoms with Crippen LogP contribution in [0.4, 0.5) is 0 Å². The lowest BCUT2D eigenvalue weighted by Gasteiger charge is -2.26. The maximum atomic E-state index is 12.2. The zero-order valence-corrected chi connectivity index (χ0v) is 24.6. The Labute approximate surface area is 229 Å². The van der Waals surface area contributed by atoms with Gasteiger partial charge in [-0.2, -0.15) is 0 Å². The zero-order valence-electron chi connectivity index (χ0n) is 24.6. The van der Waals surface area contributed by atoms with Crippen LogP contribution in [0, 0.1) is 0 Å². The number of hydrogen-bond acceptors (Lipinski definition) is 4. The normalized spacial score (nSPS) is 14.2. The molecule has 0 bridgehead atoms. The van der Waals surface area contributed by atoms with Crippen LogP contribution in [0.1, 0.15) is 162 Å². The summed E-state index contributed by atoms with van der Waals surface area (Å²) in [7, 11) is 0. The Bertz CT molecular complexity index is 511. The Morgan fingerprint density at radius 1 is 0.649 bits per heavy atom. The number of carbonyl (C=O) groups excluding carboxylic acids is 1. The summed E-state index contributed by atoms with van der Waals surface area (Å²) in [6, 6.07) is -0.816. The molecule has 0 aromatic rings. The summed E-state index contributed by atoms with van der Waals surface area (Å²) in [5.41, 5.74) is 0. The van der Waals surface area contributed by atoms with Gasteiger partial charge < -0.3 is 20.6 Å². The molecule has 0 saturated carbocycles. The summed E-state index contributed by atoms with van der Waals surface area (Å²) in [6.07, 6.45) is 28.8.